The van der Waals surface area contributed by atoms with Gasteiger partial charge in [0.2, 0.25) is 0 Å². The number of anilines is 1. The number of hydrogen-bond donors (Lipinski definition) is 1. The molecule has 0 aliphatic heterocycles. The summed E-state index contributed by atoms with van der Waals surface area (Å²) in [5, 5.41) is 3.16. The van der Waals surface area contributed by atoms with Gasteiger partial charge in [0, 0.05) is 10.0 Å². The molecule has 0 saturated carbocycles. The van der Waals surface area contributed by atoms with Crippen molar-refractivity contribution in [1.82, 2.24) is 0 Å². The standard InChI is InChI=1S/C15H15BrFNO/c1-10(12-5-3-4-6-15(12)19-2)18-14-9-11(16)7-8-13(14)17/h3-10,18H,1-2H3. The Morgan fingerprint density at radius 3 is 2.68 bits per heavy atom. The van der Waals surface area contributed by atoms with Crippen LogP contribution in [0.25, 0.3) is 0 Å². The number of para-hydroxylation sites is 1. The topological polar surface area (TPSA) is 21.3 Å². The number of methoxy groups -OCH3 is 1. The molecule has 2 nitrogen and oxygen atoms in total. The summed E-state index contributed by atoms with van der Waals surface area (Å²) >= 11 is 3.34. The van der Waals surface area contributed by atoms with Crippen molar-refractivity contribution in [3.05, 3.63) is 58.3 Å². The fourth-order valence-corrected chi connectivity index (χ4v) is 2.30. The highest BCUT2D eigenvalue weighted by Gasteiger charge is 2.12. The number of rotatable bonds is 4. The van der Waals surface area contributed by atoms with Crippen LogP contribution in [0.3, 0.4) is 0 Å². The molecule has 2 aromatic carbocycles. The van der Waals surface area contributed by atoms with Gasteiger partial charge in [-0.05, 0) is 31.2 Å². The Balaban J connectivity index is 2.25. The highest BCUT2D eigenvalue weighted by Crippen LogP contribution is 2.29. The van der Waals surface area contributed by atoms with E-state index < -0.39 is 0 Å². The zero-order chi connectivity index (χ0) is 13.8. The fourth-order valence-electron chi connectivity index (χ4n) is 1.94. The molecule has 2 aromatic rings. The fraction of sp³-hybridized carbons (Fsp3) is 0.200. The normalized spacial score (nSPS) is 12.0. The summed E-state index contributed by atoms with van der Waals surface area (Å²) < 4.78 is 19.9. The molecule has 0 heterocycles. The molecule has 1 atom stereocenters. The lowest BCUT2D eigenvalue weighted by Gasteiger charge is -2.18. The van der Waals surface area contributed by atoms with E-state index in [0.717, 1.165) is 15.8 Å². The van der Waals surface area contributed by atoms with Crippen LogP contribution in [0.1, 0.15) is 18.5 Å². The first-order valence-corrected chi connectivity index (χ1v) is 6.75. The third kappa shape index (κ3) is 3.26. The Kier molecular flexibility index (Phi) is 4.43. The molecule has 0 bridgehead atoms. The molecule has 2 rings (SSSR count). The molecule has 1 unspecified atom stereocenters. The van der Waals surface area contributed by atoms with Crippen LogP contribution in [-0.4, -0.2) is 7.11 Å². The lowest BCUT2D eigenvalue weighted by molar-refractivity contribution is 0.408. The smallest absolute Gasteiger partial charge is 0.146 e. The first kappa shape index (κ1) is 13.9. The zero-order valence-corrected chi connectivity index (χ0v) is 12.4. The molecule has 0 aromatic heterocycles. The van der Waals surface area contributed by atoms with Crippen LogP contribution in [0.5, 0.6) is 5.75 Å². The predicted molar refractivity (Wildman–Crippen MR) is 79.1 cm³/mol. The van der Waals surface area contributed by atoms with E-state index in [1.54, 1.807) is 19.2 Å². The molecule has 4 heteroatoms. The summed E-state index contributed by atoms with van der Waals surface area (Å²) in [6.07, 6.45) is 0. The first-order valence-electron chi connectivity index (χ1n) is 5.96. The average molecular weight is 324 g/mol. The highest BCUT2D eigenvalue weighted by atomic mass is 79.9. The maximum absolute atomic E-state index is 13.7. The van der Waals surface area contributed by atoms with Gasteiger partial charge < -0.3 is 10.1 Å². The molecular weight excluding hydrogens is 309 g/mol. The summed E-state index contributed by atoms with van der Waals surface area (Å²) in [6, 6.07) is 12.5. The van der Waals surface area contributed by atoms with Crippen molar-refractivity contribution in [2.75, 3.05) is 12.4 Å². The summed E-state index contributed by atoms with van der Waals surface area (Å²) in [5.41, 5.74) is 1.46. The van der Waals surface area contributed by atoms with Crippen molar-refractivity contribution >= 4 is 21.6 Å². The molecule has 0 radical (unpaired) electrons. The Morgan fingerprint density at radius 2 is 1.95 bits per heavy atom. The van der Waals surface area contributed by atoms with Gasteiger partial charge in [-0.2, -0.15) is 0 Å². The van der Waals surface area contributed by atoms with Crippen molar-refractivity contribution in [3.8, 4) is 5.75 Å². The maximum atomic E-state index is 13.7. The van der Waals surface area contributed by atoms with Crippen molar-refractivity contribution in [2.45, 2.75) is 13.0 Å². The average Bonchev–Trinajstić information content (AvgIpc) is 2.42. The first-order chi connectivity index (χ1) is 9.11. The van der Waals surface area contributed by atoms with Gasteiger partial charge in [-0.15, -0.1) is 0 Å². The van der Waals surface area contributed by atoms with Crippen molar-refractivity contribution in [3.63, 3.8) is 0 Å². The largest absolute Gasteiger partial charge is 0.496 e. The van der Waals surface area contributed by atoms with Crippen LogP contribution < -0.4 is 10.1 Å². The van der Waals surface area contributed by atoms with E-state index in [9.17, 15) is 4.39 Å². The minimum Gasteiger partial charge on any atom is -0.496 e. The van der Waals surface area contributed by atoms with Crippen LogP contribution in [0.2, 0.25) is 0 Å². The summed E-state index contributed by atoms with van der Waals surface area (Å²) in [6.45, 7) is 1.97. The van der Waals surface area contributed by atoms with Gasteiger partial charge in [-0.1, -0.05) is 34.1 Å². The lowest BCUT2D eigenvalue weighted by Crippen LogP contribution is -2.09. The molecular formula is C15H15BrFNO. The molecule has 1 N–H and O–H groups in total. The van der Waals surface area contributed by atoms with E-state index in [0.29, 0.717) is 5.69 Å². The van der Waals surface area contributed by atoms with Gasteiger partial charge in [0.25, 0.3) is 0 Å². The second-order valence-corrected chi connectivity index (χ2v) is 5.15. The van der Waals surface area contributed by atoms with Crippen molar-refractivity contribution in [2.24, 2.45) is 0 Å². The Morgan fingerprint density at radius 1 is 1.21 bits per heavy atom. The van der Waals surface area contributed by atoms with E-state index in [1.807, 2.05) is 31.2 Å². The van der Waals surface area contributed by atoms with Crippen LogP contribution in [-0.2, 0) is 0 Å². The number of ether oxygens (including phenoxy) is 1. The van der Waals surface area contributed by atoms with Gasteiger partial charge in [0.1, 0.15) is 11.6 Å². The van der Waals surface area contributed by atoms with E-state index in [1.165, 1.54) is 6.07 Å². The number of benzene rings is 2. The maximum Gasteiger partial charge on any atom is 0.146 e. The molecule has 0 spiro atoms. The Bertz CT molecular complexity index is 574. The van der Waals surface area contributed by atoms with E-state index >= 15 is 0 Å². The van der Waals surface area contributed by atoms with E-state index in [2.05, 4.69) is 21.2 Å². The van der Waals surface area contributed by atoms with E-state index in [4.69, 9.17) is 4.74 Å². The molecule has 0 saturated heterocycles. The molecule has 0 fully saturated rings. The second-order valence-electron chi connectivity index (χ2n) is 4.23. The van der Waals surface area contributed by atoms with Gasteiger partial charge in [0.15, 0.2) is 0 Å². The van der Waals surface area contributed by atoms with Crippen LogP contribution in [0.4, 0.5) is 10.1 Å². The molecule has 0 aliphatic rings. The number of nitrogens with one attached hydrogen (secondary N) is 1. The second kappa shape index (κ2) is 6.06. The predicted octanol–water partition coefficient (Wildman–Crippen LogP) is 4.77. The molecule has 0 amide bonds. The molecule has 100 valence electrons. The van der Waals surface area contributed by atoms with Gasteiger partial charge in [-0.3, -0.25) is 0 Å². The third-order valence-electron chi connectivity index (χ3n) is 2.91. The van der Waals surface area contributed by atoms with Crippen molar-refractivity contribution in [1.29, 1.82) is 0 Å². The number of hydrogen-bond acceptors (Lipinski definition) is 2. The van der Waals surface area contributed by atoms with Crippen LogP contribution >= 0.6 is 15.9 Å². The summed E-state index contributed by atoms with van der Waals surface area (Å²) in [5.74, 6) is 0.517. The summed E-state index contributed by atoms with van der Waals surface area (Å²) in [7, 11) is 1.63. The zero-order valence-electron chi connectivity index (χ0n) is 10.8. The monoisotopic (exact) mass is 323 g/mol. The lowest BCUT2D eigenvalue weighted by atomic mass is 10.1. The van der Waals surface area contributed by atoms with Crippen molar-refractivity contribution < 1.29 is 9.13 Å². The molecule has 0 aliphatic carbocycles. The Hall–Kier alpha value is -1.55. The molecule has 19 heavy (non-hydrogen) atoms. The van der Waals surface area contributed by atoms with Crippen LogP contribution in [0, 0.1) is 5.82 Å². The minimum atomic E-state index is -0.273. The highest BCUT2D eigenvalue weighted by molar-refractivity contribution is 9.10. The van der Waals surface area contributed by atoms with Gasteiger partial charge >= 0.3 is 0 Å². The quantitative estimate of drug-likeness (QED) is 0.875. The van der Waals surface area contributed by atoms with Gasteiger partial charge in [-0.25, -0.2) is 4.39 Å². The van der Waals surface area contributed by atoms with Gasteiger partial charge in [0.05, 0.1) is 18.8 Å². The summed E-state index contributed by atoms with van der Waals surface area (Å²) in [4.78, 5) is 0. The minimum absolute atomic E-state index is 0.0556. The van der Waals surface area contributed by atoms with Crippen LogP contribution in [0.15, 0.2) is 46.9 Å². The third-order valence-corrected chi connectivity index (χ3v) is 3.40. The Labute approximate surface area is 120 Å². The SMILES string of the molecule is COc1ccccc1C(C)Nc1cc(Br)ccc1F. The van der Waals surface area contributed by atoms with E-state index in [-0.39, 0.29) is 11.9 Å². The number of halogens is 2.